The Morgan fingerprint density at radius 2 is 1.85 bits per heavy atom. The van der Waals surface area contributed by atoms with E-state index in [1.807, 2.05) is 4.90 Å². The first-order valence-corrected chi connectivity index (χ1v) is 5.63. The quantitative estimate of drug-likeness (QED) is 0.436. The Kier molecular flexibility index (Phi) is 2.77. The molecule has 0 aromatic rings. The van der Waals surface area contributed by atoms with E-state index in [0.29, 0.717) is 6.04 Å². The zero-order valence-electron chi connectivity index (χ0n) is 7.84. The van der Waals surface area contributed by atoms with Crippen LogP contribution in [0.5, 0.6) is 0 Å². The Hall–Kier alpha value is -0.240. The van der Waals surface area contributed by atoms with Gasteiger partial charge < -0.3 is 4.90 Å². The summed E-state index contributed by atoms with van der Waals surface area (Å²) in [5.74, 6) is 0.741. The lowest BCUT2D eigenvalue weighted by atomic mass is 9.78. The van der Waals surface area contributed by atoms with Gasteiger partial charge in [-0.1, -0.05) is 12.8 Å². The van der Waals surface area contributed by atoms with E-state index >= 15 is 0 Å². The number of fused-ring (bicyclic) bond motifs is 1. The molecule has 0 aromatic carbocycles. The minimum atomic E-state index is -0.239. The summed E-state index contributed by atoms with van der Waals surface area (Å²) in [6, 6.07) is 0.465. The second-order valence-corrected chi connectivity index (χ2v) is 4.52. The van der Waals surface area contributed by atoms with Gasteiger partial charge in [0.05, 0.1) is 0 Å². The molecular formula is C10H16ClNO. The van der Waals surface area contributed by atoms with E-state index in [2.05, 4.69) is 0 Å². The molecule has 1 saturated heterocycles. The molecule has 1 heterocycles. The first-order valence-electron chi connectivity index (χ1n) is 5.25. The van der Waals surface area contributed by atoms with Gasteiger partial charge in [0.15, 0.2) is 0 Å². The summed E-state index contributed by atoms with van der Waals surface area (Å²) in [6.07, 6.45) is 7.51. The molecule has 1 aliphatic carbocycles. The van der Waals surface area contributed by atoms with E-state index in [4.69, 9.17) is 11.6 Å². The van der Waals surface area contributed by atoms with E-state index in [0.717, 1.165) is 18.9 Å². The van der Waals surface area contributed by atoms with E-state index in [1.54, 1.807) is 0 Å². The summed E-state index contributed by atoms with van der Waals surface area (Å²) < 4.78 is 0. The molecule has 0 N–H and O–H groups in total. The fourth-order valence-corrected chi connectivity index (χ4v) is 3.05. The molecule has 0 unspecified atom stereocenters. The predicted octanol–water partition coefficient (Wildman–Crippen LogP) is 3.00. The Morgan fingerprint density at radius 1 is 1.15 bits per heavy atom. The summed E-state index contributed by atoms with van der Waals surface area (Å²) in [5.41, 5.74) is 0. The number of piperidine rings is 1. The lowest BCUT2D eigenvalue weighted by Gasteiger charge is -2.43. The van der Waals surface area contributed by atoms with Crippen molar-refractivity contribution in [1.29, 1.82) is 0 Å². The van der Waals surface area contributed by atoms with Crippen LogP contribution in [0, 0.1) is 5.92 Å². The van der Waals surface area contributed by atoms with Crippen molar-refractivity contribution in [3.8, 4) is 0 Å². The zero-order chi connectivity index (χ0) is 9.26. The van der Waals surface area contributed by atoms with Gasteiger partial charge in [-0.2, -0.15) is 0 Å². The zero-order valence-corrected chi connectivity index (χ0v) is 8.59. The fraction of sp³-hybridized carbons (Fsp3) is 0.900. The predicted molar refractivity (Wildman–Crippen MR) is 52.9 cm³/mol. The van der Waals surface area contributed by atoms with Crippen LogP contribution >= 0.6 is 11.6 Å². The number of amides is 1. The first-order chi connectivity index (χ1) is 6.29. The Bertz CT molecular complexity index is 205. The van der Waals surface area contributed by atoms with Crippen LogP contribution in [0.25, 0.3) is 0 Å². The van der Waals surface area contributed by atoms with Gasteiger partial charge in [-0.05, 0) is 43.2 Å². The van der Waals surface area contributed by atoms with Crippen molar-refractivity contribution in [1.82, 2.24) is 4.90 Å². The van der Waals surface area contributed by atoms with Crippen molar-refractivity contribution < 1.29 is 4.79 Å². The van der Waals surface area contributed by atoms with Gasteiger partial charge in [-0.25, -0.2) is 0 Å². The first kappa shape index (κ1) is 9.32. The molecule has 2 nitrogen and oxygen atoms in total. The van der Waals surface area contributed by atoms with Crippen LogP contribution < -0.4 is 0 Å². The fourth-order valence-electron chi connectivity index (χ4n) is 2.84. The lowest BCUT2D eigenvalue weighted by molar-refractivity contribution is 0.0961. The van der Waals surface area contributed by atoms with Gasteiger partial charge in [0, 0.05) is 12.6 Å². The minimum absolute atomic E-state index is 0.239. The normalized spacial score (nSPS) is 34.1. The third-order valence-electron chi connectivity index (χ3n) is 3.47. The SMILES string of the molecule is O=C(Cl)N1CCC[C@@H]2CCCC[C@@H]21. The van der Waals surface area contributed by atoms with E-state index in [-0.39, 0.29) is 5.37 Å². The molecule has 0 bridgehead atoms. The number of carbonyl (C=O) groups excluding carboxylic acids is 1. The molecule has 13 heavy (non-hydrogen) atoms. The lowest BCUT2D eigenvalue weighted by Crippen LogP contribution is -2.47. The highest BCUT2D eigenvalue weighted by Gasteiger charge is 2.34. The number of hydrogen-bond donors (Lipinski definition) is 0. The molecule has 1 amide bonds. The Balaban J connectivity index is 2.06. The van der Waals surface area contributed by atoms with Gasteiger partial charge in [0.25, 0.3) is 0 Å². The van der Waals surface area contributed by atoms with Gasteiger partial charge >= 0.3 is 5.37 Å². The summed E-state index contributed by atoms with van der Waals surface area (Å²) >= 11 is 5.56. The monoisotopic (exact) mass is 201 g/mol. The van der Waals surface area contributed by atoms with Crippen LogP contribution in [-0.4, -0.2) is 22.9 Å². The largest absolute Gasteiger partial charge is 0.326 e. The summed E-state index contributed by atoms with van der Waals surface area (Å²) in [4.78, 5) is 13.0. The Morgan fingerprint density at radius 3 is 2.62 bits per heavy atom. The third kappa shape index (κ3) is 1.83. The molecular weight excluding hydrogens is 186 g/mol. The highest BCUT2D eigenvalue weighted by Crippen LogP contribution is 2.35. The highest BCUT2D eigenvalue weighted by atomic mass is 35.5. The maximum Gasteiger partial charge on any atom is 0.316 e. The van der Waals surface area contributed by atoms with Crippen LogP contribution in [-0.2, 0) is 0 Å². The molecule has 1 saturated carbocycles. The number of nitrogens with zero attached hydrogens (tertiary/aromatic N) is 1. The van der Waals surface area contributed by atoms with Crippen molar-refractivity contribution in [2.24, 2.45) is 5.92 Å². The summed E-state index contributed by atoms with van der Waals surface area (Å²) in [7, 11) is 0. The van der Waals surface area contributed by atoms with Crippen LogP contribution in [0.2, 0.25) is 0 Å². The highest BCUT2D eigenvalue weighted by molar-refractivity contribution is 6.62. The van der Waals surface area contributed by atoms with Crippen LogP contribution in [0.4, 0.5) is 4.79 Å². The topological polar surface area (TPSA) is 20.3 Å². The minimum Gasteiger partial charge on any atom is -0.326 e. The van der Waals surface area contributed by atoms with Gasteiger partial charge in [-0.15, -0.1) is 0 Å². The van der Waals surface area contributed by atoms with Crippen molar-refractivity contribution in [2.75, 3.05) is 6.54 Å². The maximum absolute atomic E-state index is 11.1. The van der Waals surface area contributed by atoms with E-state index in [1.165, 1.54) is 32.1 Å². The standard InChI is InChI=1S/C10H16ClNO/c11-10(13)12-7-3-5-8-4-1-2-6-9(8)12/h8-9H,1-7H2/t8-,9-/m0/s1. The molecule has 74 valence electrons. The molecule has 0 spiro atoms. The molecule has 2 aliphatic rings. The molecule has 3 heteroatoms. The average Bonchev–Trinajstić information content (AvgIpc) is 2.17. The number of likely N-dealkylation sites (tertiary alicyclic amines) is 1. The molecule has 0 aromatic heterocycles. The van der Waals surface area contributed by atoms with Crippen LogP contribution in [0.1, 0.15) is 38.5 Å². The average molecular weight is 202 g/mol. The van der Waals surface area contributed by atoms with Crippen molar-refractivity contribution in [2.45, 2.75) is 44.6 Å². The van der Waals surface area contributed by atoms with Gasteiger partial charge in [0.1, 0.15) is 0 Å². The maximum atomic E-state index is 11.1. The van der Waals surface area contributed by atoms with Gasteiger partial charge in [0.2, 0.25) is 0 Å². The second kappa shape index (κ2) is 3.87. The van der Waals surface area contributed by atoms with Crippen molar-refractivity contribution in [3.05, 3.63) is 0 Å². The number of halogens is 1. The number of rotatable bonds is 0. The summed E-state index contributed by atoms with van der Waals surface area (Å²) in [6.45, 7) is 0.878. The number of carbonyl (C=O) groups is 1. The van der Waals surface area contributed by atoms with Crippen LogP contribution in [0.3, 0.4) is 0 Å². The van der Waals surface area contributed by atoms with Crippen molar-refractivity contribution in [3.63, 3.8) is 0 Å². The van der Waals surface area contributed by atoms with Crippen molar-refractivity contribution >= 4 is 17.0 Å². The third-order valence-corrected chi connectivity index (χ3v) is 3.69. The number of hydrogen-bond acceptors (Lipinski definition) is 1. The summed E-state index contributed by atoms with van der Waals surface area (Å²) in [5, 5.41) is -0.239. The van der Waals surface area contributed by atoms with E-state index < -0.39 is 0 Å². The molecule has 0 radical (unpaired) electrons. The molecule has 2 fully saturated rings. The molecule has 2 atom stereocenters. The second-order valence-electron chi connectivity index (χ2n) is 4.20. The molecule has 2 rings (SSSR count). The molecule has 1 aliphatic heterocycles. The Labute approximate surface area is 84.2 Å². The van der Waals surface area contributed by atoms with Crippen LogP contribution in [0.15, 0.2) is 0 Å². The smallest absolute Gasteiger partial charge is 0.316 e. The van der Waals surface area contributed by atoms with E-state index in [9.17, 15) is 4.79 Å². The van der Waals surface area contributed by atoms with Gasteiger partial charge in [-0.3, -0.25) is 4.79 Å².